The smallest absolute Gasteiger partial charge is 0.162 e. The van der Waals surface area contributed by atoms with E-state index in [1.807, 2.05) is 50.3 Å². The Hall–Kier alpha value is -1.38. The van der Waals surface area contributed by atoms with E-state index in [0.717, 1.165) is 0 Å². The van der Waals surface area contributed by atoms with Gasteiger partial charge in [0.2, 0.25) is 0 Å². The third-order valence-corrected chi connectivity index (χ3v) is 2.35. The van der Waals surface area contributed by atoms with E-state index in [1.165, 1.54) is 5.56 Å². The monoisotopic (exact) mass is 232 g/mol. The van der Waals surface area contributed by atoms with Gasteiger partial charge in [0.15, 0.2) is 5.79 Å². The standard InChI is InChI=1S/C15H20O2/c1-15(2,16-3)17-13-9-5-8-12-14-10-6-4-7-11-14/h4-12H,13H2,1-3H3/b9-5+,12-8+. The minimum Gasteiger partial charge on any atom is -0.354 e. The van der Waals surface area contributed by atoms with Gasteiger partial charge in [0, 0.05) is 7.11 Å². The van der Waals surface area contributed by atoms with Crippen LogP contribution in [-0.4, -0.2) is 19.5 Å². The largest absolute Gasteiger partial charge is 0.354 e. The van der Waals surface area contributed by atoms with Crippen LogP contribution < -0.4 is 0 Å². The quantitative estimate of drug-likeness (QED) is 0.550. The SMILES string of the molecule is COC(C)(C)OC/C=C/C=C/c1ccccc1. The van der Waals surface area contributed by atoms with Crippen LogP contribution >= 0.6 is 0 Å². The zero-order valence-corrected chi connectivity index (χ0v) is 10.7. The van der Waals surface area contributed by atoms with Crippen molar-refractivity contribution in [3.05, 3.63) is 54.1 Å². The van der Waals surface area contributed by atoms with Gasteiger partial charge in [0.25, 0.3) is 0 Å². The first-order valence-corrected chi connectivity index (χ1v) is 5.71. The topological polar surface area (TPSA) is 18.5 Å². The number of rotatable bonds is 6. The van der Waals surface area contributed by atoms with Crippen LogP contribution in [0.1, 0.15) is 19.4 Å². The van der Waals surface area contributed by atoms with Crippen LogP contribution in [0.2, 0.25) is 0 Å². The Morgan fingerprint density at radius 3 is 2.47 bits per heavy atom. The Morgan fingerprint density at radius 2 is 1.82 bits per heavy atom. The fourth-order valence-corrected chi connectivity index (χ4v) is 1.17. The zero-order chi connectivity index (χ0) is 12.6. The summed E-state index contributed by atoms with van der Waals surface area (Å²) in [7, 11) is 1.64. The van der Waals surface area contributed by atoms with Crippen LogP contribution in [0, 0.1) is 0 Å². The highest BCUT2D eigenvalue weighted by atomic mass is 16.7. The van der Waals surface area contributed by atoms with Crippen molar-refractivity contribution in [3.63, 3.8) is 0 Å². The third kappa shape index (κ3) is 6.05. The Bertz CT molecular complexity index is 364. The van der Waals surface area contributed by atoms with Crippen LogP contribution in [0.25, 0.3) is 6.08 Å². The fraction of sp³-hybridized carbons (Fsp3) is 0.333. The maximum atomic E-state index is 5.49. The molecule has 0 N–H and O–H groups in total. The second kappa shape index (κ2) is 7.05. The average Bonchev–Trinajstić information content (AvgIpc) is 2.35. The Labute approximate surface area is 104 Å². The summed E-state index contributed by atoms with van der Waals surface area (Å²) >= 11 is 0. The number of hydrogen-bond donors (Lipinski definition) is 0. The minimum atomic E-state index is -0.520. The molecule has 0 saturated heterocycles. The van der Waals surface area contributed by atoms with Gasteiger partial charge in [-0.15, -0.1) is 0 Å². The van der Waals surface area contributed by atoms with Gasteiger partial charge < -0.3 is 9.47 Å². The van der Waals surface area contributed by atoms with Gasteiger partial charge in [-0.2, -0.15) is 0 Å². The summed E-state index contributed by atoms with van der Waals surface area (Å²) in [5.74, 6) is -0.520. The minimum absolute atomic E-state index is 0.520. The molecule has 1 aromatic carbocycles. The lowest BCUT2D eigenvalue weighted by molar-refractivity contribution is -0.189. The van der Waals surface area contributed by atoms with Gasteiger partial charge >= 0.3 is 0 Å². The van der Waals surface area contributed by atoms with Gasteiger partial charge in [-0.05, 0) is 19.4 Å². The maximum absolute atomic E-state index is 5.49. The van der Waals surface area contributed by atoms with Crippen molar-refractivity contribution in [2.45, 2.75) is 19.6 Å². The van der Waals surface area contributed by atoms with Crippen molar-refractivity contribution >= 4 is 6.08 Å². The summed E-state index contributed by atoms with van der Waals surface area (Å²) in [6.45, 7) is 4.32. The molecular formula is C15H20O2. The van der Waals surface area contributed by atoms with Crippen LogP contribution in [0.4, 0.5) is 0 Å². The molecule has 0 fully saturated rings. The summed E-state index contributed by atoms with van der Waals surface area (Å²) in [5.41, 5.74) is 1.19. The molecular weight excluding hydrogens is 212 g/mol. The van der Waals surface area contributed by atoms with Crippen LogP contribution in [0.5, 0.6) is 0 Å². The van der Waals surface area contributed by atoms with E-state index >= 15 is 0 Å². The Kier molecular flexibility index (Phi) is 5.67. The van der Waals surface area contributed by atoms with Crippen molar-refractivity contribution in [2.24, 2.45) is 0 Å². The highest BCUT2D eigenvalue weighted by Gasteiger charge is 2.14. The predicted octanol–water partition coefficient (Wildman–Crippen LogP) is 3.66. The summed E-state index contributed by atoms with van der Waals surface area (Å²) in [6.07, 6.45) is 7.98. The highest BCUT2D eigenvalue weighted by molar-refractivity contribution is 5.50. The molecule has 17 heavy (non-hydrogen) atoms. The van der Waals surface area contributed by atoms with Gasteiger partial charge in [-0.25, -0.2) is 0 Å². The molecule has 0 aliphatic carbocycles. The molecule has 0 aliphatic rings. The van der Waals surface area contributed by atoms with Gasteiger partial charge in [-0.1, -0.05) is 54.6 Å². The molecule has 1 rings (SSSR count). The first-order valence-electron chi connectivity index (χ1n) is 5.71. The molecule has 0 atom stereocenters. The molecule has 0 radical (unpaired) electrons. The molecule has 0 spiro atoms. The van der Waals surface area contributed by atoms with E-state index in [2.05, 4.69) is 18.2 Å². The Balaban J connectivity index is 2.29. The van der Waals surface area contributed by atoms with Crippen LogP contribution in [0.15, 0.2) is 48.6 Å². The molecule has 0 heterocycles. The van der Waals surface area contributed by atoms with Crippen molar-refractivity contribution in [1.82, 2.24) is 0 Å². The molecule has 0 aromatic heterocycles. The molecule has 2 nitrogen and oxygen atoms in total. The first-order chi connectivity index (χ1) is 8.14. The van der Waals surface area contributed by atoms with E-state index in [-0.39, 0.29) is 0 Å². The van der Waals surface area contributed by atoms with Crippen molar-refractivity contribution in [2.75, 3.05) is 13.7 Å². The molecule has 0 amide bonds. The zero-order valence-electron chi connectivity index (χ0n) is 10.7. The fourth-order valence-electron chi connectivity index (χ4n) is 1.17. The number of hydrogen-bond acceptors (Lipinski definition) is 2. The Morgan fingerprint density at radius 1 is 1.12 bits per heavy atom. The summed E-state index contributed by atoms with van der Waals surface area (Å²) in [4.78, 5) is 0. The lowest BCUT2D eigenvalue weighted by Gasteiger charge is -2.22. The van der Waals surface area contributed by atoms with E-state index in [1.54, 1.807) is 7.11 Å². The van der Waals surface area contributed by atoms with E-state index in [0.29, 0.717) is 6.61 Å². The van der Waals surface area contributed by atoms with Gasteiger partial charge in [-0.3, -0.25) is 0 Å². The second-order valence-corrected chi connectivity index (χ2v) is 4.11. The number of methoxy groups -OCH3 is 1. The van der Waals surface area contributed by atoms with Crippen molar-refractivity contribution < 1.29 is 9.47 Å². The van der Waals surface area contributed by atoms with Crippen molar-refractivity contribution in [3.8, 4) is 0 Å². The third-order valence-electron chi connectivity index (χ3n) is 2.35. The molecule has 1 aromatic rings. The number of ether oxygens (including phenoxy) is 2. The maximum Gasteiger partial charge on any atom is 0.162 e. The lowest BCUT2D eigenvalue weighted by atomic mass is 10.2. The molecule has 2 heteroatoms. The molecule has 0 aliphatic heterocycles. The first kappa shape index (κ1) is 13.7. The van der Waals surface area contributed by atoms with Gasteiger partial charge in [0.05, 0.1) is 6.61 Å². The molecule has 0 saturated carbocycles. The summed E-state index contributed by atoms with van der Waals surface area (Å²) in [6, 6.07) is 10.2. The van der Waals surface area contributed by atoms with Gasteiger partial charge in [0.1, 0.15) is 0 Å². The van der Waals surface area contributed by atoms with E-state index in [9.17, 15) is 0 Å². The lowest BCUT2D eigenvalue weighted by Crippen LogP contribution is -2.26. The molecule has 0 unspecified atom stereocenters. The molecule has 0 bridgehead atoms. The second-order valence-electron chi connectivity index (χ2n) is 4.11. The van der Waals surface area contributed by atoms with Crippen LogP contribution in [0.3, 0.4) is 0 Å². The van der Waals surface area contributed by atoms with Crippen molar-refractivity contribution in [1.29, 1.82) is 0 Å². The summed E-state index contributed by atoms with van der Waals surface area (Å²) < 4.78 is 10.6. The van der Waals surface area contributed by atoms with E-state index in [4.69, 9.17) is 9.47 Å². The average molecular weight is 232 g/mol. The number of allylic oxidation sites excluding steroid dienone is 2. The van der Waals surface area contributed by atoms with Crippen LogP contribution in [-0.2, 0) is 9.47 Å². The normalized spacial score (nSPS) is 12.6. The molecule has 92 valence electrons. The highest BCUT2D eigenvalue weighted by Crippen LogP contribution is 2.08. The predicted molar refractivity (Wildman–Crippen MR) is 71.7 cm³/mol. The number of benzene rings is 1. The summed E-state index contributed by atoms with van der Waals surface area (Å²) in [5, 5.41) is 0. The van der Waals surface area contributed by atoms with E-state index < -0.39 is 5.79 Å².